The van der Waals surface area contributed by atoms with E-state index in [1.54, 1.807) is 12.0 Å². The van der Waals surface area contributed by atoms with Gasteiger partial charge in [-0.3, -0.25) is 4.79 Å². The van der Waals surface area contributed by atoms with E-state index in [4.69, 9.17) is 15.3 Å². The first-order chi connectivity index (χ1) is 13.6. The number of methoxy groups -OCH3 is 1. The molecule has 1 aromatic carbocycles. The fourth-order valence-corrected chi connectivity index (χ4v) is 3.49. The van der Waals surface area contributed by atoms with Crippen LogP contribution in [0.3, 0.4) is 0 Å². The molecule has 0 saturated heterocycles. The summed E-state index contributed by atoms with van der Waals surface area (Å²) < 4.78 is 7.13. The van der Waals surface area contributed by atoms with Gasteiger partial charge in [0.15, 0.2) is 11.0 Å². The van der Waals surface area contributed by atoms with Crippen LogP contribution in [-0.2, 0) is 11.3 Å². The number of thioether (sulfide) groups is 1. The van der Waals surface area contributed by atoms with Crippen molar-refractivity contribution in [2.24, 2.45) is 0 Å². The van der Waals surface area contributed by atoms with Crippen molar-refractivity contribution in [3.05, 3.63) is 24.3 Å². The van der Waals surface area contributed by atoms with Crippen LogP contribution in [0.5, 0.6) is 5.75 Å². The molecular weight excluding hydrogens is 376 g/mol. The molecule has 28 heavy (non-hydrogen) atoms. The summed E-state index contributed by atoms with van der Waals surface area (Å²) in [6.45, 7) is 3.32. The SMILES string of the molecule is CCn1c(SCC(=O)N(CCC#N)CCC#N)nnc1-c1ccc(OC)cc1. The molecule has 0 saturated carbocycles. The van der Waals surface area contributed by atoms with E-state index in [0.717, 1.165) is 17.1 Å². The highest BCUT2D eigenvalue weighted by Gasteiger charge is 2.17. The maximum atomic E-state index is 12.5. The van der Waals surface area contributed by atoms with Gasteiger partial charge in [0.25, 0.3) is 0 Å². The molecule has 2 aromatic rings. The van der Waals surface area contributed by atoms with Crippen molar-refractivity contribution in [2.75, 3.05) is 26.0 Å². The summed E-state index contributed by atoms with van der Waals surface area (Å²) in [5, 5.41) is 26.7. The molecule has 9 heteroatoms. The lowest BCUT2D eigenvalue weighted by Crippen LogP contribution is -2.34. The van der Waals surface area contributed by atoms with Crippen LogP contribution in [0.4, 0.5) is 0 Å². The van der Waals surface area contributed by atoms with Crippen LogP contribution in [0.1, 0.15) is 19.8 Å². The Morgan fingerprint density at radius 2 is 1.82 bits per heavy atom. The van der Waals surface area contributed by atoms with Gasteiger partial charge in [-0.25, -0.2) is 0 Å². The monoisotopic (exact) mass is 398 g/mol. The van der Waals surface area contributed by atoms with Gasteiger partial charge in [0, 0.05) is 25.2 Å². The molecule has 2 rings (SSSR count). The van der Waals surface area contributed by atoms with Crippen molar-refractivity contribution in [1.82, 2.24) is 19.7 Å². The lowest BCUT2D eigenvalue weighted by molar-refractivity contribution is -0.128. The third-order valence-electron chi connectivity index (χ3n) is 4.05. The quantitative estimate of drug-likeness (QED) is 0.566. The fourth-order valence-electron chi connectivity index (χ4n) is 2.58. The van der Waals surface area contributed by atoms with E-state index >= 15 is 0 Å². The van der Waals surface area contributed by atoms with Gasteiger partial charge in [0.1, 0.15) is 5.75 Å². The Morgan fingerprint density at radius 1 is 1.18 bits per heavy atom. The van der Waals surface area contributed by atoms with Crippen LogP contribution in [-0.4, -0.2) is 51.5 Å². The molecule has 0 radical (unpaired) electrons. The minimum atomic E-state index is -0.118. The topological polar surface area (TPSA) is 108 Å². The van der Waals surface area contributed by atoms with Gasteiger partial charge in [0.05, 0.1) is 37.8 Å². The number of carbonyl (C=O) groups excluding carboxylic acids is 1. The number of ether oxygens (including phenoxy) is 1. The van der Waals surface area contributed by atoms with Gasteiger partial charge in [-0.15, -0.1) is 10.2 Å². The maximum Gasteiger partial charge on any atom is 0.233 e. The molecule has 0 aliphatic heterocycles. The third kappa shape index (κ3) is 5.48. The number of hydrogen-bond acceptors (Lipinski definition) is 7. The lowest BCUT2D eigenvalue weighted by atomic mass is 10.2. The van der Waals surface area contributed by atoms with Crippen molar-refractivity contribution in [1.29, 1.82) is 10.5 Å². The molecule has 146 valence electrons. The maximum absolute atomic E-state index is 12.5. The molecule has 0 atom stereocenters. The van der Waals surface area contributed by atoms with E-state index in [2.05, 4.69) is 10.2 Å². The first-order valence-corrected chi connectivity index (χ1v) is 9.85. The van der Waals surface area contributed by atoms with Crippen molar-refractivity contribution in [3.8, 4) is 29.3 Å². The number of amides is 1. The lowest BCUT2D eigenvalue weighted by Gasteiger charge is -2.20. The van der Waals surface area contributed by atoms with Crippen molar-refractivity contribution >= 4 is 17.7 Å². The molecule has 1 aromatic heterocycles. The normalized spacial score (nSPS) is 10.1. The van der Waals surface area contributed by atoms with Gasteiger partial charge in [-0.1, -0.05) is 11.8 Å². The van der Waals surface area contributed by atoms with Crippen LogP contribution in [0.15, 0.2) is 29.4 Å². The van der Waals surface area contributed by atoms with E-state index in [1.165, 1.54) is 11.8 Å². The standard InChI is InChI=1S/C19H22N6O2S/c1-3-25-18(15-6-8-16(27-2)9-7-15)22-23-19(25)28-14-17(26)24(12-4-10-20)13-5-11-21/h6-9H,3-5,12-14H2,1-2H3. The summed E-state index contributed by atoms with van der Waals surface area (Å²) in [7, 11) is 1.62. The minimum Gasteiger partial charge on any atom is -0.497 e. The molecular formula is C19H22N6O2S. The van der Waals surface area contributed by atoms with Crippen molar-refractivity contribution < 1.29 is 9.53 Å². The predicted molar refractivity (Wildman–Crippen MR) is 105 cm³/mol. The van der Waals surface area contributed by atoms with E-state index in [0.29, 0.717) is 24.8 Å². The van der Waals surface area contributed by atoms with Crippen LogP contribution < -0.4 is 4.74 Å². The number of nitriles is 2. The molecule has 8 nitrogen and oxygen atoms in total. The molecule has 1 heterocycles. The average molecular weight is 398 g/mol. The first-order valence-electron chi connectivity index (χ1n) is 8.86. The van der Waals surface area contributed by atoms with Crippen LogP contribution in [0.2, 0.25) is 0 Å². The summed E-state index contributed by atoms with van der Waals surface area (Å²) >= 11 is 1.31. The summed E-state index contributed by atoms with van der Waals surface area (Å²) in [5.41, 5.74) is 0.915. The summed E-state index contributed by atoms with van der Waals surface area (Å²) in [4.78, 5) is 14.0. The Balaban J connectivity index is 2.09. The zero-order chi connectivity index (χ0) is 20.4. The second-order valence-electron chi connectivity index (χ2n) is 5.76. The Kier molecular flexibility index (Phi) is 8.32. The molecule has 0 fully saturated rings. The van der Waals surface area contributed by atoms with Crippen LogP contribution >= 0.6 is 11.8 Å². The Hall–Kier alpha value is -3.04. The van der Waals surface area contributed by atoms with E-state index in [1.807, 2.05) is 47.9 Å². The third-order valence-corrected chi connectivity index (χ3v) is 5.00. The van der Waals surface area contributed by atoms with Gasteiger partial charge < -0.3 is 14.2 Å². The van der Waals surface area contributed by atoms with Gasteiger partial charge in [-0.2, -0.15) is 10.5 Å². The van der Waals surface area contributed by atoms with Gasteiger partial charge in [0.2, 0.25) is 5.91 Å². The summed E-state index contributed by atoms with van der Waals surface area (Å²) in [5.74, 6) is 1.55. The first kappa shape index (κ1) is 21.3. The summed E-state index contributed by atoms with van der Waals surface area (Å²) in [6.07, 6.45) is 0.489. The van der Waals surface area contributed by atoms with Crippen LogP contribution in [0.25, 0.3) is 11.4 Å². The van der Waals surface area contributed by atoms with Crippen molar-refractivity contribution in [2.45, 2.75) is 31.5 Å². The Morgan fingerprint density at radius 3 is 2.36 bits per heavy atom. The fraction of sp³-hybridized carbons (Fsp3) is 0.421. The predicted octanol–water partition coefficient (Wildman–Crippen LogP) is 2.72. The average Bonchev–Trinajstić information content (AvgIpc) is 3.15. The molecule has 0 unspecified atom stereocenters. The summed E-state index contributed by atoms with van der Waals surface area (Å²) in [6, 6.07) is 11.6. The number of hydrogen-bond donors (Lipinski definition) is 0. The van der Waals surface area contributed by atoms with E-state index in [-0.39, 0.29) is 24.5 Å². The van der Waals surface area contributed by atoms with Gasteiger partial charge in [-0.05, 0) is 31.2 Å². The number of nitrogens with zero attached hydrogens (tertiary/aromatic N) is 6. The van der Waals surface area contributed by atoms with Gasteiger partial charge >= 0.3 is 0 Å². The highest BCUT2D eigenvalue weighted by Crippen LogP contribution is 2.25. The van der Waals surface area contributed by atoms with Crippen molar-refractivity contribution in [3.63, 3.8) is 0 Å². The van der Waals surface area contributed by atoms with E-state index in [9.17, 15) is 4.79 Å². The highest BCUT2D eigenvalue weighted by molar-refractivity contribution is 7.99. The number of carbonyl (C=O) groups is 1. The molecule has 0 N–H and O–H groups in total. The Bertz CT molecular complexity index is 848. The zero-order valence-corrected chi connectivity index (χ0v) is 16.8. The number of aromatic nitrogens is 3. The molecule has 0 bridgehead atoms. The van der Waals surface area contributed by atoms with E-state index < -0.39 is 0 Å². The highest BCUT2D eigenvalue weighted by atomic mass is 32.2. The second-order valence-corrected chi connectivity index (χ2v) is 6.71. The molecule has 0 spiro atoms. The number of benzene rings is 1. The molecule has 0 aliphatic rings. The smallest absolute Gasteiger partial charge is 0.233 e. The molecule has 0 aliphatic carbocycles. The second kappa shape index (κ2) is 11.0. The minimum absolute atomic E-state index is 0.118. The zero-order valence-electron chi connectivity index (χ0n) is 16.0. The largest absolute Gasteiger partial charge is 0.497 e. The molecule has 1 amide bonds. The van der Waals surface area contributed by atoms with Crippen LogP contribution in [0, 0.1) is 22.7 Å². The number of rotatable bonds is 10. The Labute approximate surface area is 168 Å².